The lowest BCUT2D eigenvalue weighted by Gasteiger charge is -2.26. The average molecular weight is 242 g/mol. The number of methoxy groups -OCH3 is 1. The molecule has 17 heavy (non-hydrogen) atoms. The van der Waals surface area contributed by atoms with Crippen molar-refractivity contribution >= 4 is 17.3 Å². The van der Waals surface area contributed by atoms with E-state index in [2.05, 4.69) is 10.6 Å². The second-order valence-electron chi connectivity index (χ2n) is 3.75. The van der Waals surface area contributed by atoms with E-state index in [-0.39, 0.29) is 17.3 Å². The molecule has 1 atom stereocenters. The van der Waals surface area contributed by atoms with Gasteiger partial charge in [-0.1, -0.05) is 0 Å². The zero-order chi connectivity index (χ0) is 12.4. The smallest absolute Gasteiger partial charge is 0.247 e. The van der Waals surface area contributed by atoms with Crippen molar-refractivity contribution in [3.63, 3.8) is 0 Å². The van der Waals surface area contributed by atoms with Gasteiger partial charge in [0.05, 0.1) is 11.4 Å². The summed E-state index contributed by atoms with van der Waals surface area (Å²) in [7, 11) is 1.51. The number of amides is 1. The first-order valence-electron chi connectivity index (χ1n) is 5.18. The quantitative estimate of drug-likeness (QED) is 0.848. The Morgan fingerprint density at radius 1 is 1.41 bits per heavy atom. The van der Waals surface area contributed by atoms with Crippen molar-refractivity contribution in [3.8, 4) is 0 Å². The highest BCUT2D eigenvalue weighted by Gasteiger charge is 2.28. The molecule has 1 amide bonds. The van der Waals surface area contributed by atoms with Crippen molar-refractivity contribution in [2.45, 2.75) is 12.5 Å². The third kappa shape index (κ3) is 2.21. The van der Waals surface area contributed by atoms with Gasteiger partial charge in [0.15, 0.2) is 11.6 Å². The minimum Gasteiger partial charge on any atom is -0.385 e. The maximum atomic E-state index is 13.5. The van der Waals surface area contributed by atoms with Crippen LogP contribution in [-0.2, 0) is 9.53 Å². The molecule has 0 radical (unpaired) electrons. The highest BCUT2D eigenvalue weighted by atomic mass is 19.2. The third-order valence-electron chi connectivity index (χ3n) is 2.60. The normalized spacial score (nSPS) is 18.3. The zero-order valence-electron chi connectivity index (χ0n) is 9.22. The largest absolute Gasteiger partial charge is 0.385 e. The fraction of sp³-hybridized carbons (Fsp3) is 0.364. The summed E-state index contributed by atoms with van der Waals surface area (Å²) < 4.78 is 31.4. The first kappa shape index (κ1) is 11.8. The van der Waals surface area contributed by atoms with E-state index in [0.717, 1.165) is 6.07 Å². The molecule has 1 aromatic carbocycles. The molecule has 0 saturated carbocycles. The highest BCUT2D eigenvalue weighted by Crippen LogP contribution is 2.31. The number of carbonyl (C=O) groups excluding carboxylic acids is 1. The number of rotatable bonds is 3. The van der Waals surface area contributed by atoms with Crippen LogP contribution in [0.4, 0.5) is 20.2 Å². The first-order chi connectivity index (χ1) is 8.13. The molecule has 4 nitrogen and oxygen atoms in total. The molecule has 1 aliphatic heterocycles. The number of benzene rings is 1. The fourth-order valence-corrected chi connectivity index (χ4v) is 1.69. The number of carbonyl (C=O) groups is 1. The second-order valence-corrected chi connectivity index (χ2v) is 3.75. The summed E-state index contributed by atoms with van der Waals surface area (Å²) in [6.45, 7) is 0.358. The van der Waals surface area contributed by atoms with E-state index >= 15 is 0 Å². The number of nitrogens with one attached hydrogen (secondary N) is 2. The topological polar surface area (TPSA) is 50.4 Å². The summed E-state index contributed by atoms with van der Waals surface area (Å²) in [4.78, 5) is 11.6. The molecule has 1 aliphatic rings. The molecule has 0 aliphatic carbocycles. The van der Waals surface area contributed by atoms with E-state index in [0.29, 0.717) is 13.0 Å². The van der Waals surface area contributed by atoms with Gasteiger partial charge < -0.3 is 15.4 Å². The molecule has 0 spiro atoms. The van der Waals surface area contributed by atoms with E-state index < -0.39 is 17.7 Å². The number of hydrogen-bond donors (Lipinski definition) is 2. The lowest BCUT2D eigenvalue weighted by atomic mass is 10.1. The van der Waals surface area contributed by atoms with Crippen LogP contribution in [0.1, 0.15) is 6.42 Å². The molecule has 0 aromatic heterocycles. The van der Waals surface area contributed by atoms with Crippen LogP contribution in [0, 0.1) is 11.6 Å². The molecule has 0 fully saturated rings. The van der Waals surface area contributed by atoms with Crippen LogP contribution in [-0.4, -0.2) is 25.7 Å². The van der Waals surface area contributed by atoms with Gasteiger partial charge in [-0.3, -0.25) is 4.79 Å². The Balaban J connectivity index is 2.26. The number of ether oxygens (including phenoxy) is 1. The molecule has 2 rings (SSSR count). The molecule has 1 unspecified atom stereocenters. The van der Waals surface area contributed by atoms with Gasteiger partial charge in [-0.25, -0.2) is 8.78 Å². The van der Waals surface area contributed by atoms with Crippen molar-refractivity contribution < 1.29 is 18.3 Å². The van der Waals surface area contributed by atoms with E-state index in [1.807, 2.05) is 0 Å². The molecule has 0 saturated heterocycles. The number of anilines is 2. The van der Waals surface area contributed by atoms with Gasteiger partial charge in [-0.15, -0.1) is 0 Å². The fourth-order valence-electron chi connectivity index (χ4n) is 1.69. The van der Waals surface area contributed by atoms with Crippen molar-refractivity contribution in [1.82, 2.24) is 0 Å². The Bertz CT molecular complexity index is 451. The molecule has 6 heteroatoms. The first-order valence-corrected chi connectivity index (χ1v) is 5.18. The van der Waals surface area contributed by atoms with E-state index in [1.165, 1.54) is 13.2 Å². The summed E-state index contributed by atoms with van der Waals surface area (Å²) in [6, 6.07) is 1.69. The Morgan fingerprint density at radius 2 is 2.18 bits per heavy atom. The van der Waals surface area contributed by atoms with Crippen molar-refractivity contribution in [2.24, 2.45) is 0 Å². The summed E-state index contributed by atoms with van der Waals surface area (Å²) in [5, 5.41) is 5.21. The van der Waals surface area contributed by atoms with Crippen molar-refractivity contribution in [3.05, 3.63) is 23.8 Å². The highest BCUT2D eigenvalue weighted by molar-refractivity contribution is 6.03. The molecule has 92 valence electrons. The standard InChI is InChI=1S/C11H12F2N2O2/c1-17-5-4-8-11(16)15-7-3-2-6(12)9(13)10(7)14-8/h2-3,8,14H,4-5H2,1H3,(H,15,16). The van der Waals surface area contributed by atoms with Gasteiger partial charge in [-0.2, -0.15) is 0 Å². The Morgan fingerprint density at radius 3 is 2.88 bits per heavy atom. The molecular formula is C11H12F2N2O2. The lowest BCUT2D eigenvalue weighted by Crippen LogP contribution is -2.40. The summed E-state index contributed by atoms with van der Waals surface area (Å²) >= 11 is 0. The predicted octanol–water partition coefficient (Wildman–Crippen LogP) is 1.73. The average Bonchev–Trinajstić information content (AvgIpc) is 2.32. The Hall–Kier alpha value is -1.69. The van der Waals surface area contributed by atoms with Gasteiger partial charge in [0.1, 0.15) is 6.04 Å². The van der Waals surface area contributed by atoms with Gasteiger partial charge in [-0.05, 0) is 18.6 Å². The van der Waals surface area contributed by atoms with Gasteiger partial charge in [0.2, 0.25) is 5.91 Å². The molecular weight excluding hydrogens is 230 g/mol. The zero-order valence-corrected chi connectivity index (χ0v) is 9.22. The van der Waals surface area contributed by atoms with E-state index in [4.69, 9.17) is 4.74 Å². The Kier molecular flexibility index (Phi) is 3.23. The van der Waals surface area contributed by atoms with Crippen LogP contribution >= 0.6 is 0 Å². The minimum atomic E-state index is -0.982. The lowest BCUT2D eigenvalue weighted by molar-refractivity contribution is -0.117. The summed E-state index contributed by atoms with van der Waals surface area (Å²) in [6.07, 6.45) is 0.387. The van der Waals surface area contributed by atoms with E-state index in [1.54, 1.807) is 0 Å². The van der Waals surface area contributed by atoms with Crippen LogP contribution in [0.25, 0.3) is 0 Å². The monoisotopic (exact) mass is 242 g/mol. The summed E-state index contributed by atoms with van der Waals surface area (Å²) in [5.74, 6) is -2.21. The van der Waals surface area contributed by atoms with Gasteiger partial charge >= 0.3 is 0 Å². The van der Waals surface area contributed by atoms with Crippen LogP contribution in [0.5, 0.6) is 0 Å². The van der Waals surface area contributed by atoms with Crippen LogP contribution in [0.3, 0.4) is 0 Å². The van der Waals surface area contributed by atoms with Crippen LogP contribution in [0.2, 0.25) is 0 Å². The van der Waals surface area contributed by atoms with Gasteiger partial charge in [0.25, 0.3) is 0 Å². The number of halogens is 2. The predicted molar refractivity (Wildman–Crippen MR) is 58.9 cm³/mol. The van der Waals surface area contributed by atoms with E-state index in [9.17, 15) is 13.6 Å². The number of fused-ring (bicyclic) bond motifs is 1. The SMILES string of the molecule is COCCC1Nc2c(ccc(F)c2F)NC1=O. The molecule has 0 bridgehead atoms. The van der Waals surface area contributed by atoms with Gasteiger partial charge in [0, 0.05) is 13.7 Å². The van der Waals surface area contributed by atoms with Crippen LogP contribution < -0.4 is 10.6 Å². The number of hydrogen-bond acceptors (Lipinski definition) is 3. The molecule has 2 N–H and O–H groups in total. The molecule has 1 aromatic rings. The second kappa shape index (κ2) is 4.67. The summed E-state index contributed by atoms with van der Waals surface area (Å²) in [5.41, 5.74) is 0.244. The van der Waals surface area contributed by atoms with Crippen molar-refractivity contribution in [1.29, 1.82) is 0 Å². The van der Waals surface area contributed by atoms with Crippen molar-refractivity contribution in [2.75, 3.05) is 24.4 Å². The maximum Gasteiger partial charge on any atom is 0.247 e. The Labute approximate surface area is 97.0 Å². The maximum absolute atomic E-state index is 13.5. The van der Waals surface area contributed by atoms with Crippen LogP contribution in [0.15, 0.2) is 12.1 Å². The molecule has 1 heterocycles. The minimum absolute atomic E-state index is 0.00861. The third-order valence-corrected chi connectivity index (χ3v) is 2.60.